The number of hydrogen-bond donors (Lipinski definition) is 0. The number of nitrogens with zero attached hydrogens (tertiary/aromatic N) is 5. The van der Waals surface area contributed by atoms with E-state index in [2.05, 4.69) is 16.2 Å². The molecule has 2 aromatic heterocycles. The molecule has 0 atom stereocenters. The quantitative estimate of drug-likeness (QED) is 0.684. The van der Waals surface area contributed by atoms with Crippen molar-refractivity contribution in [1.29, 1.82) is 5.26 Å². The summed E-state index contributed by atoms with van der Waals surface area (Å²) >= 11 is 6.06. The summed E-state index contributed by atoms with van der Waals surface area (Å²) in [6, 6.07) is 7.77. The van der Waals surface area contributed by atoms with E-state index in [4.69, 9.17) is 16.9 Å². The molecule has 0 radical (unpaired) electrons. The molecule has 0 N–H and O–H groups in total. The van der Waals surface area contributed by atoms with E-state index in [1.807, 2.05) is 43.7 Å². The minimum atomic E-state index is 0.296. The first-order valence-electron chi connectivity index (χ1n) is 6.54. The van der Waals surface area contributed by atoms with Gasteiger partial charge in [0.1, 0.15) is 11.3 Å². The van der Waals surface area contributed by atoms with Crippen LogP contribution >= 0.6 is 11.6 Å². The molecule has 0 saturated carbocycles. The van der Waals surface area contributed by atoms with Crippen LogP contribution in [0.5, 0.6) is 0 Å². The van der Waals surface area contributed by atoms with Gasteiger partial charge in [0.25, 0.3) is 0 Å². The molecule has 3 rings (SSSR count). The Morgan fingerprint density at radius 1 is 1.33 bits per heavy atom. The highest BCUT2D eigenvalue weighted by Gasteiger charge is 2.19. The molecule has 106 valence electrons. The smallest absolute Gasteiger partial charge is 0.163 e. The second-order valence-corrected chi connectivity index (χ2v) is 5.26. The topological polar surface area (TPSA) is 59.4 Å². The van der Waals surface area contributed by atoms with E-state index in [-0.39, 0.29) is 0 Å². The van der Waals surface area contributed by atoms with E-state index in [0.29, 0.717) is 11.4 Å². The normalized spacial score (nSPS) is 11.0. The number of hydrogen-bond acceptors (Lipinski definition) is 3. The zero-order valence-electron chi connectivity index (χ0n) is 12.1. The van der Waals surface area contributed by atoms with Gasteiger partial charge in [0.15, 0.2) is 5.65 Å². The predicted octanol–water partition coefficient (Wildman–Crippen LogP) is 2.99. The number of nitriles is 1. The van der Waals surface area contributed by atoms with Crippen LogP contribution in [0.1, 0.15) is 22.6 Å². The maximum atomic E-state index is 9.13. The van der Waals surface area contributed by atoms with Crippen molar-refractivity contribution in [2.24, 2.45) is 7.05 Å². The first kappa shape index (κ1) is 13.7. The zero-order chi connectivity index (χ0) is 15.1. The summed E-state index contributed by atoms with van der Waals surface area (Å²) in [5.74, 6) is 1.05. The fourth-order valence-electron chi connectivity index (χ4n) is 2.58. The van der Waals surface area contributed by atoms with Crippen LogP contribution in [0.15, 0.2) is 18.2 Å². The molecular weight excluding hydrogens is 286 g/mol. The molecule has 0 spiro atoms. The molecule has 5 nitrogen and oxygen atoms in total. The fourth-order valence-corrected chi connectivity index (χ4v) is 2.76. The molecular formula is C15H14ClN5. The SMILES string of the molecule is Cc1ccc(C#N)cc1-n1c(CCl)nc2c(C)nn(C)c21. The Hall–Kier alpha value is -2.32. The second-order valence-electron chi connectivity index (χ2n) is 4.99. The van der Waals surface area contributed by atoms with Crippen LogP contribution in [-0.4, -0.2) is 19.3 Å². The summed E-state index contributed by atoms with van der Waals surface area (Å²) in [6.45, 7) is 3.93. The van der Waals surface area contributed by atoms with E-state index in [1.54, 1.807) is 4.68 Å². The summed E-state index contributed by atoms with van der Waals surface area (Å²) in [7, 11) is 1.88. The molecule has 0 aliphatic rings. The molecule has 0 saturated heterocycles. The van der Waals surface area contributed by atoms with Gasteiger partial charge in [0.05, 0.1) is 28.9 Å². The Balaban J connectivity index is 2.41. The molecule has 0 unspecified atom stereocenters. The number of alkyl halides is 1. The number of aromatic nitrogens is 4. The van der Waals surface area contributed by atoms with E-state index >= 15 is 0 Å². The summed E-state index contributed by atoms with van der Waals surface area (Å²) in [5.41, 5.74) is 5.17. The maximum Gasteiger partial charge on any atom is 0.163 e. The Morgan fingerprint density at radius 2 is 2.10 bits per heavy atom. The predicted molar refractivity (Wildman–Crippen MR) is 81.6 cm³/mol. The van der Waals surface area contributed by atoms with Crippen LogP contribution in [0.25, 0.3) is 16.9 Å². The van der Waals surface area contributed by atoms with Crippen molar-refractivity contribution in [2.45, 2.75) is 19.7 Å². The Morgan fingerprint density at radius 3 is 2.76 bits per heavy atom. The van der Waals surface area contributed by atoms with Crippen molar-refractivity contribution < 1.29 is 0 Å². The van der Waals surface area contributed by atoms with E-state index < -0.39 is 0 Å². The number of benzene rings is 1. The van der Waals surface area contributed by atoms with Crippen LogP contribution in [-0.2, 0) is 12.9 Å². The fraction of sp³-hybridized carbons (Fsp3) is 0.267. The molecule has 2 heterocycles. The zero-order valence-corrected chi connectivity index (χ0v) is 12.8. The molecule has 0 aliphatic carbocycles. The third-order valence-electron chi connectivity index (χ3n) is 3.57. The Kier molecular flexibility index (Phi) is 3.19. The minimum Gasteiger partial charge on any atom is -0.280 e. The van der Waals surface area contributed by atoms with E-state index in [1.165, 1.54) is 0 Å². The first-order chi connectivity index (χ1) is 10.1. The van der Waals surface area contributed by atoms with Crippen LogP contribution in [0.2, 0.25) is 0 Å². The van der Waals surface area contributed by atoms with Gasteiger partial charge in [-0.3, -0.25) is 4.57 Å². The van der Waals surface area contributed by atoms with Gasteiger partial charge in [-0.25, -0.2) is 9.67 Å². The van der Waals surface area contributed by atoms with Crippen molar-refractivity contribution in [3.63, 3.8) is 0 Å². The van der Waals surface area contributed by atoms with Gasteiger partial charge in [-0.15, -0.1) is 11.6 Å². The number of imidazole rings is 1. The highest BCUT2D eigenvalue weighted by molar-refractivity contribution is 6.17. The lowest BCUT2D eigenvalue weighted by Crippen LogP contribution is -2.06. The first-order valence-corrected chi connectivity index (χ1v) is 7.08. The lowest BCUT2D eigenvalue weighted by molar-refractivity contribution is 0.754. The monoisotopic (exact) mass is 299 g/mol. The maximum absolute atomic E-state index is 9.13. The second kappa shape index (κ2) is 4.90. The number of fused-ring (bicyclic) bond motifs is 1. The minimum absolute atomic E-state index is 0.296. The lowest BCUT2D eigenvalue weighted by atomic mass is 10.1. The molecule has 0 amide bonds. The van der Waals surface area contributed by atoms with Gasteiger partial charge in [0.2, 0.25) is 0 Å². The van der Waals surface area contributed by atoms with Gasteiger partial charge in [0, 0.05) is 7.05 Å². The van der Waals surface area contributed by atoms with Crippen LogP contribution < -0.4 is 0 Å². The standard InChI is InChI=1S/C15H14ClN5/c1-9-4-5-11(8-17)6-12(9)21-13(7-16)18-14-10(2)19-20(3)15(14)21/h4-6H,7H2,1-3H3. The highest BCUT2D eigenvalue weighted by atomic mass is 35.5. The van der Waals surface area contributed by atoms with Crippen LogP contribution in [0.4, 0.5) is 0 Å². The number of rotatable bonds is 2. The van der Waals surface area contributed by atoms with Gasteiger partial charge < -0.3 is 0 Å². The molecule has 0 bridgehead atoms. The Bertz CT molecular complexity index is 882. The van der Waals surface area contributed by atoms with E-state index in [9.17, 15) is 0 Å². The van der Waals surface area contributed by atoms with Gasteiger partial charge in [-0.1, -0.05) is 6.07 Å². The van der Waals surface area contributed by atoms with Gasteiger partial charge in [-0.05, 0) is 31.5 Å². The summed E-state index contributed by atoms with van der Waals surface area (Å²) in [5, 5.41) is 13.5. The van der Waals surface area contributed by atoms with Gasteiger partial charge >= 0.3 is 0 Å². The van der Waals surface area contributed by atoms with Crippen molar-refractivity contribution in [3.05, 3.63) is 40.8 Å². The summed E-state index contributed by atoms with van der Waals surface area (Å²) in [4.78, 5) is 4.59. The van der Waals surface area contributed by atoms with Crippen molar-refractivity contribution in [2.75, 3.05) is 0 Å². The highest BCUT2D eigenvalue weighted by Crippen LogP contribution is 2.26. The van der Waals surface area contributed by atoms with Crippen LogP contribution in [0, 0.1) is 25.2 Å². The number of halogens is 1. The van der Waals surface area contributed by atoms with E-state index in [0.717, 1.165) is 33.9 Å². The number of aryl methyl sites for hydroxylation is 3. The Labute approximate surface area is 127 Å². The van der Waals surface area contributed by atoms with Crippen molar-refractivity contribution in [3.8, 4) is 11.8 Å². The molecule has 3 aromatic rings. The van der Waals surface area contributed by atoms with Crippen LogP contribution in [0.3, 0.4) is 0 Å². The molecule has 21 heavy (non-hydrogen) atoms. The summed E-state index contributed by atoms with van der Waals surface area (Å²) in [6.07, 6.45) is 0. The average Bonchev–Trinajstić information content (AvgIpc) is 2.98. The molecule has 1 aromatic carbocycles. The third-order valence-corrected chi connectivity index (χ3v) is 3.81. The molecule has 0 fully saturated rings. The largest absolute Gasteiger partial charge is 0.280 e. The molecule has 0 aliphatic heterocycles. The average molecular weight is 300 g/mol. The third kappa shape index (κ3) is 1.99. The van der Waals surface area contributed by atoms with Gasteiger partial charge in [-0.2, -0.15) is 10.4 Å². The van der Waals surface area contributed by atoms with Crippen molar-refractivity contribution >= 4 is 22.8 Å². The summed E-state index contributed by atoms with van der Waals surface area (Å²) < 4.78 is 3.78. The lowest BCUT2D eigenvalue weighted by Gasteiger charge is -2.11. The molecule has 6 heteroatoms. The van der Waals surface area contributed by atoms with Crippen molar-refractivity contribution in [1.82, 2.24) is 19.3 Å².